The molecule has 0 saturated carbocycles. The molecule has 1 N–H and O–H groups in total. The number of benzene rings is 1. The van der Waals surface area contributed by atoms with Crippen molar-refractivity contribution in [2.24, 2.45) is 0 Å². The van der Waals surface area contributed by atoms with Crippen LogP contribution >= 0.6 is 0 Å². The van der Waals surface area contributed by atoms with E-state index in [1.54, 1.807) is 19.9 Å². The molecule has 96 valence electrons. The zero-order chi connectivity index (χ0) is 13.3. The van der Waals surface area contributed by atoms with Gasteiger partial charge < -0.3 is 9.52 Å². The number of hydrogen-bond donors (Lipinski definition) is 1. The van der Waals surface area contributed by atoms with Gasteiger partial charge in [-0.05, 0) is 31.5 Å². The molecule has 2 rings (SSSR count). The van der Waals surface area contributed by atoms with Gasteiger partial charge in [-0.1, -0.05) is 12.1 Å². The normalized spacial score (nSPS) is 12.7. The molecule has 4 heteroatoms. The first-order chi connectivity index (χ1) is 8.49. The number of aliphatic hydroxyl groups is 1. The summed E-state index contributed by atoms with van der Waals surface area (Å²) in [6.45, 7) is 3.50. The van der Waals surface area contributed by atoms with E-state index >= 15 is 0 Å². The molecule has 0 saturated heterocycles. The van der Waals surface area contributed by atoms with Crippen LogP contribution in [0.4, 0.5) is 8.78 Å². The van der Waals surface area contributed by atoms with E-state index < -0.39 is 17.7 Å². The number of aryl methyl sites for hydroxylation is 2. The second kappa shape index (κ2) is 4.90. The number of rotatable bonds is 3. The molecule has 2 aromatic rings. The fraction of sp³-hybridized carbons (Fsp3) is 0.286. The quantitative estimate of drug-likeness (QED) is 0.907. The number of halogens is 2. The van der Waals surface area contributed by atoms with Crippen LogP contribution in [0, 0.1) is 25.5 Å². The maximum absolute atomic E-state index is 13.5. The Hall–Kier alpha value is -1.68. The fourth-order valence-electron chi connectivity index (χ4n) is 2.01. The molecule has 1 heterocycles. The molecule has 0 aliphatic heterocycles. The smallest absolute Gasteiger partial charge is 0.162 e. The van der Waals surface area contributed by atoms with E-state index in [0.29, 0.717) is 17.1 Å². The van der Waals surface area contributed by atoms with Crippen LogP contribution in [0.25, 0.3) is 0 Å². The van der Waals surface area contributed by atoms with Gasteiger partial charge in [0.05, 0.1) is 6.10 Å². The summed E-state index contributed by atoms with van der Waals surface area (Å²) >= 11 is 0. The fourth-order valence-corrected chi connectivity index (χ4v) is 2.01. The van der Waals surface area contributed by atoms with Crippen LogP contribution in [0.3, 0.4) is 0 Å². The standard InChI is InChI=1S/C14H14F2O2/c1-8-6-11(9(2)18-8)13(17)7-10-4-3-5-12(15)14(10)16/h3-6,13,17H,7H2,1-2H3. The minimum Gasteiger partial charge on any atom is -0.466 e. The first kappa shape index (κ1) is 12.8. The second-order valence-corrected chi connectivity index (χ2v) is 4.30. The zero-order valence-electron chi connectivity index (χ0n) is 10.2. The molecule has 1 aromatic carbocycles. The van der Waals surface area contributed by atoms with Gasteiger partial charge in [0.25, 0.3) is 0 Å². The molecule has 2 nitrogen and oxygen atoms in total. The van der Waals surface area contributed by atoms with Gasteiger partial charge in [-0.15, -0.1) is 0 Å². The molecule has 0 aliphatic rings. The summed E-state index contributed by atoms with van der Waals surface area (Å²) in [6.07, 6.45) is -0.887. The molecule has 1 atom stereocenters. The minimum absolute atomic E-state index is 0.0173. The Kier molecular flexibility index (Phi) is 3.48. The minimum atomic E-state index is -0.908. The summed E-state index contributed by atoms with van der Waals surface area (Å²) in [5.74, 6) is -0.535. The van der Waals surface area contributed by atoms with E-state index in [1.165, 1.54) is 12.1 Å². The number of furan rings is 1. The van der Waals surface area contributed by atoms with Crippen LogP contribution < -0.4 is 0 Å². The van der Waals surface area contributed by atoms with E-state index in [4.69, 9.17) is 4.42 Å². The van der Waals surface area contributed by atoms with Gasteiger partial charge in [0.15, 0.2) is 11.6 Å². The van der Waals surface area contributed by atoms with Crippen LogP contribution in [0.15, 0.2) is 28.7 Å². The van der Waals surface area contributed by atoms with Crippen molar-refractivity contribution in [3.8, 4) is 0 Å². The van der Waals surface area contributed by atoms with Crippen molar-refractivity contribution >= 4 is 0 Å². The van der Waals surface area contributed by atoms with Crippen LogP contribution in [0.2, 0.25) is 0 Å². The van der Waals surface area contributed by atoms with Crippen molar-refractivity contribution in [2.75, 3.05) is 0 Å². The van der Waals surface area contributed by atoms with Crippen LogP contribution in [0.1, 0.15) is 28.8 Å². The van der Waals surface area contributed by atoms with Gasteiger partial charge in [0.2, 0.25) is 0 Å². The van der Waals surface area contributed by atoms with Gasteiger partial charge in [0.1, 0.15) is 11.5 Å². The predicted molar refractivity (Wildman–Crippen MR) is 63.2 cm³/mol. The Morgan fingerprint density at radius 2 is 2.00 bits per heavy atom. The molecule has 18 heavy (non-hydrogen) atoms. The lowest BCUT2D eigenvalue weighted by Gasteiger charge is -2.10. The molecule has 0 amide bonds. The number of aliphatic hydroxyl groups excluding tert-OH is 1. The summed E-state index contributed by atoms with van der Waals surface area (Å²) in [5, 5.41) is 10.0. The first-order valence-electron chi connectivity index (χ1n) is 5.67. The lowest BCUT2D eigenvalue weighted by atomic mass is 10.0. The predicted octanol–water partition coefficient (Wildman–Crippen LogP) is 3.45. The average Bonchev–Trinajstić information content (AvgIpc) is 2.64. The van der Waals surface area contributed by atoms with E-state index in [0.717, 1.165) is 6.07 Å². The molecule has 0 spiro atoms. The first-order valence-corrected chi connectivity index (χ1v) is 5.67. The summed E-state index contributed by atoms with van der Waals surface area (Å²) in [6, 6.07) is 5.65. The highest BCUT2D eigenvalue weighted by Gasteiger charge is 2.17. The zero-order valence-corrected chi connectivity index (χ0v) is 10.2. The number of hydrogen-bond acceptors (Lipinski definition) is 2. The van der Waals surface area contributed by atoms with Gasteiger partial charge in [-0.3, -0.25) is 0 Å². The molecule has 0 aliphatic carbocycles. The monoisotopic (exact) mass is 252 g/mol. The van der Waals surface area contributed by atoms with Crippen molar-refractivity contribution in [1.29, 1.82) is 0 Å². The highest BCUT2D eigenvalue weighted by Crippen LogP contribution is 2.25. The molecule has 0 fully saturated rings. The van der Waals surface area contributed by atoms with Gasteiger partial charge in [0, 0.05) is 12.0 Å². The van der Waals surface area contributed by atoms with Crippen molar-refractivity contribution in [2.45, 2.75) is 26.4 Å². The van der Waals surface area contributed by atoms with E-state index in [-0.39, 0.29) is 12.0 Å². The Bertz CT molecular complexity index is 561. The van der Waals surface area contributed by atoms with Crippen molar-refractivity contribution < 1.29 is 18.3 Å². The van der Waals surface area contributed by atoms with E-state index in [2.05, 4.69) is 0 Å². The van der Waals surface area contributed by atoms with Crippen LogP contribution in [0.5, 0.6) is 0 Å². The summed E-state index contributed by atoms with van der Waals surface area (Å²) in [4.78, 5) is 0. The Morgan fingerprint density at radius 3 is 2.61 bits per heavy atom. The third-order valence-electron chi connectivity index (χ3n) is 2.88. The third kappa shape index (κ3) is 2.43. The third-order valence-corrected chi connectivity index (χ3v) is 2.88. The lowest BCUT2D eigenvalue weighted by Crippen LogP contribution is -2.04. The maximum Gasteiger partial charge on any atom is 0.162 e. The lowest BCUT2D eigenvalue weighted by molar-refractivity contribution is 0.175. The molecule has 1 aromatic heterocycles. The Labute approximate surface area is 104 Å². The van der Waals surface area contributed by atoms with Crippen molar-refractivity contribution in [3.63, 3.8) is 0 Å². The van der Waals surface area contributed by atoms with Gasteiger partial charge >= 0.3 is 0 Å². The summed E-state index contributed by atoms with van der Waals surface area (Å²) in [5.41, 5.74) is 0.761. The largest absolute Gasteiger partial charge is 0.466 e. The maximum atomic E-state index is 13.5. The van der Waals surface area contributed by atoms with E-state index in [9.17, 15) is 13.9 Å². The van der Waals surface area contributed by atoms with Crippen LogP contribution in [-0.4, -0.2) is 5.11 Å². The molecule has 0 radical (unpaired) electrons. The molecule has 1 unspecified atom stereocenters. The summed E-state index contributed by atoms with van der Waals surface area (Å²) < 4.78 is 31.8. The molecule has 0 bridgehead atoms. The highest BCUT2D eigenvalue weighted by molar-refractivity contribution is 5.26. The van der Waals surface area contributed by atoms with Gasteiger partial charge in [-0.2, -0.15) is 0 Å². The Morgan fingerprint density at radius 1 is 1.28 bits per heavy atom. The van der Waals surface area contributed by atoms with E-state index in [1.807, 2.05) is 0 Å². The average molecular weight is 252 g/mol. The topological polar surface area (TPSA) is 33.4 Å². The summed E-state index contributed by atoms with van der Waals surface area (Å²) in [7, 11) is 0. The highest BCUT2D eigenvalue weighted by atomic mass is 19.2. The van der Waals surface area contributed by atoms with Crippen LogP contribution in [-0.2, 0) is 6.42 Å². The SMILES string of the molecule is Cc1cc(C(O)Cc2cccc(F)c2F)c(C)o1. The van der Waals surface area contributed by atoms with Gasteiger partial charge in [-0.25, -0.2) is 8.78 Å². The second-order valence-electron chi connectivity index (χ2n) is 4.30. The molecular formula is C14H14F2O2. The Balaban J connectivity index is 2.24. The molecular weight excluding hydrogens is 238 g/mol. The van der Waals surface area contributed by atoms with Crippen molar-refractivity contribution in [1.82, 2.24) is 0 Å². The van der Waals surface area contributed by atoms with Crippen molar-refractivity contribution in [3.05, 3.63) is 58.5 Å².